The second-order valence-electron chi connectivity index (χ2n) is 6.60. The predicted octanol–water partition coefficient (Wildman–Crippen LogP) is 2.79. The van der Waals surface area contributed by atoms with Crippen LogP contribution in [0.1, 0.15) is 23.5 Å². The minimum absolute atomic E-state index is 0.0631. The number of benzene rings is 2. The zero-order chi connectivity index (χ0) is 18.8. The first-order valence-electron chi connectivity index (χ1n) is 8.74. The first kappa shape index (κ1) is 17.0. The molecule has 1 heterocycles. The number of nitrogens with one attached hydrogen (secondary N) is 2. The Morgan fingerprint density at radius 3 is 2.81 bits per heavy atom. The molecule has 0 unspecified atom stereocenters. The van der Waals surface area contributed by atoms with Crippen LogP contribution in [0, 0.1) is 5.92 Å². The number of hydrazone groups is 1. The highest BCUT2D eigenvalue weighted by Crippen LogP contribution is 2.47. The Kier molecular flexibility index (Phi) is 4.46. The van der Waals surface area contributed by atoms with Gasteiger partial charge in [0, 0.05) is 12.0 Å². The maximum absolute atomic E-state index is 12.2. The van der Waals surface area contributed by atoms with Crippen LogP contribution in [0.5, 0.6) is 5.75 Å². The molecule has 0 radical (unpaired) electrons. The van der Waals surface area contributed by atoms with Crippen molar-refractivity contribution in [1.29, 1.82) is 0 Å². The van der Waals surface area contributed by atoms with Gasteiger partial charge in [-0.25, -0.2) is 5.43 Å². The summed E-state index contributed by atoms with van der Waals surface area (Å²) in [5.74, 6) is 0.735. The lowest BCUT2D eigenvalue weighted by molar-refractivity contribution is -0.122. The van der Waals surface area contributed by atoms with Gasteiger partial charge in [-0.05, 0) is 41.5 Å². The molecule has 4 rings (SSSR count). The molecule has 0 spiro atoms. The van der Waals surface area contributed by atoms with Crippen molar-refractivity contribution < 1.29 is 9.53 Å². The lowest BCUT2D eigenvalue weighted by Gasteiger charge is -2.03. The maximum Gasteiger partial charge on any atom is 0.257 e. The number of ether oxygens (including phenoxy) is 1. The molecule has 2 N–H and O–H groups in total. The Bertz CT molecular complexity index is 1070. The van der Waals surface area contributed by atoms with Crippen molar-refractivity contribution >= 4 is 23.0 Å². The normalized spacial score (nSPS) is 18.6. The van der Waals surface area contributed by atoms with Crippen molar-refractivity contribution in [2.45, 2.75) is 12.3 Å². The number of fused-ring (bicyclic) bond motifs is 1. The predicted molar refractivity (Wildman–Crippen MR) is 104 cm³/mol. The highest BCUT2D eigenvalue weighted by molar-refractivity contribution is 5.89. The summed E-state index contributed by atoms with van der Waals surface area (Å²) >= 11 is 0. The SMILES string of the molecule is COc1ccc2cc(/C=N/NC(=O)[C@@H]3C[C@H]3c3ccccc3)c(=O)[nH]c2c1. The number of H-pyrrole nitrogens is 1. The van der Waals surface area contributed by atoms with Crippen LogP contribution < -0.4 is 15.7 Å². The van der Waals surface area contributed by atoms with Crippen LogP contribution in [0.15, 0.2) is 64.5 Å². The number of aromatic amines is 1. The van der Waals surface area contributed by atoms with Crippen LogP contribution in [0.2, 0.25) is 0 Å². The summed E-state index contributed by atoms with van der Waals surface area (Å²) in [6, 6.07) is 17.1. The van der Waals surface area contributed by atoms with Gasteiger partial charge < -0.3 is 9.72 Å². The first-order chi connectivity index (χ1) is 13.2. The Morgan fingerprint density at radius 2 is 2.04 bits per heavy atom. The molecule has 6 nitrogen and oxygen atoms in total. The van der Waals surface area contributed by atoms with Crippen molar-refractivity contribution in [2.75, 3.05) is 7.11 Å². The van der Waals surface area contributed by atoms with Crippen LogP contribution in [-0.2, 0) is 4.79 Å². The summed E-state index contributed by atoms with van der Waals surface area (Å²) < 4.78 is 5.16. The second kappa shape index (κ2) is 7.07. The van der Waals surface area contributed by atoms with Crippen molar-refractivity contribution in [3.8, 4) is 5.75 Å². The Hall–Kier alpha value is -3.41. The molecular formula is C21H19N3O3. The van der Waals surface area contributed by atoms with Crippen LogP contribution in [0.3, 0.4) is 0 Å². The summed E-state index contributed by atoms with van der Waals surface area (Å²) in [4.78, 5) is 27.2. The molecule has 3 aromatic rings. The standard InChI is InChI=1S/C21H19N3O3/c1-27-16-8-7-14-9-15(20(25)23-19(14)10-16)12-22-24-21(26)18-11-17(18)13-5-3-2-4-6-13/h2-10,12,17-18H,11H2,1H3,(H,23,25)(H,24,26)/b22-12+/t17-,18+/m0/s1. The summed E-state index contributed by atoms with van der Waals surface area (Å²) in [7, 11) is 1.57. The quantitative estimate of drug-likeness (QED) is 0.541. The third-order valence-corrected chi connectivity index (χ3v) is 4.82. The summed E-state index contributed by atoms with van der Waals surface area (Å²) in [6.45, 7) is 0. The highest BCUT2D eigenvalue weighted by Gasteiger charge is 2.43. The van der Waals surface area contributed by atoms with E-state index in [1.165, 1.54) is 11.8 Å². The van der Waals surface area contributed by atoms with Gasteiger partial charge in [-0.3, -0.25) is 9.59 Å². The maximum atomic E-state index is 12.2. The molecule has 0 bridgehead atoms. The molecule has 1 aromatic heterocycles. The minimum atomic E-state index is -0.276. The number of amides is 1. The third-order valence-electron chi connectivity index (χ3n) is 4.82. The van der Waals surface area contributed by atoms with Gasteiger partial charge in [0.15, 0.2) is 0 Å². The molecule has 0 saturated heterocycles. The Labute approximate surface area is 155 Å². The molecule has 0 aliphatic heterocycles. The fourth-order valence-electron chi connectivity index (χ4n) is 3.22. The lowest BCUT2D eigenvalue weighted by atomic mass is 10.1. The Morgan fingerprint density at radius 1 is 1.22 bits per heavy atom. The van der Waals surface area contributed by atoms with Gasteiger partial charge >= 0.3 is 0 Å². The van der Waals surface area contributed by atoms with Gasteiger partial charge in [0.05, 0.1) is 24.4 Å². The van der Waals surface area contributed by atoms with Crippen LogP contribution in [-0.4, -0.2) is 24.2 Å². The number of carbonyl (C=O) groups excluding carboxylic acids is 1. The summed E-state index contributed by atoms with van der Waals surface area (Å²) in [5.41, 5.74) is 4.50. The third kappa shape index (κ3) is 3.60. The molecule has 6 heteroatoms. The van der Waals surface area contributed by atoms with E-state index in [2.05, 4.69) is 15.5 Å². The number of rotatable bonds is 5. The van der Waals surface area contributed by atoms with E-state index in [0.29, 0.717) is 16.8 Å². The highest BCUT2D eigenvalue weighted by atomic mass is 16.5. The van der Waals surface area contributed by atoms with E-state index in [4.69, 9.17) is 4.74 Å². The topological polar surface area (TPSA) is 83.5 Å². The average molecular weight is 361 g/mol. The average Bonchev–Trinajstić information content (AvgIpc) is 3.49. The number of aromatic nitrogens is 1. The molecule has 1 saturated carbocycles. The summed E-state index contributed by atoms with van der Waals surface area (Å²) in [6.07, 6.45) is 2.20. The molecule has 1 amide bonds. The lowest BCUT2D eigenvalue weighted by Crippen LogP contribution is -2.21. The molecule has 2 atom stereocenters. The first-order valence-corrected chi connectivity index (χ1v) is 8.74. The van der Waals surface area contributed by atoms with Gasteiger partial charge in [-0.1, -0.05) is 30.3 Å². The van der Waals surface area contributed by atoms with E-state index >= 15 is 0 Å². The van der Waals surface area contributed by atoms with E-state index in [1.807, 2.05) is 42.5 Å². The van der Waals surface area contributed by atoms with Gasteiger partial charge in [0.1, 0.15) is 5.75 Å². The molecular weight excluding hydrogens is 342 g/mol. The monoisotopic (exact) mass is 361 g/mol. The van der Waals surface area contributed by atoms with E-state index in [-0.39, 0.29) is 23.3 Å². The molecule has 1 aliphatic carbocycles. The largest absolute Gasteiger partial charge is 0.497 e. The molecule has 136 valence electrons. The number of methoxy groups -OCH3 is 1. The summed E-state index contributed by atoms with van der Waals surface area (Å²) in [5, 5.41) is 4.82. The number of hydrogen-bond donors (Lipinski definition) is 2. The van der Waals surface area contributed by atoms with E-state index < -0.39 is 0 Å². The van der Waals surface area contributed by atoms with Gasteiger partial charge in [0.25, 0.3) is 5.56 Å². The number of carbonyl (C=O) groups is 1. The van der Waals surface area contributed by atoms with E-state index in [0.717, 1.165) is 11.8 Å². The number of nitrogens with zero attached hydrogens (tertiary/aromatic N) is 1. The Balaban J connectivity index is 1.43. The van der Waals surface area contributed by atoms with E-state index in [1.54, 1.807) is 19.2 Å². The molecule has 27 heavy (non-hydrogen) atoms. The molecule has 2 aromatic carbocycles. The zero-order valence-electron chi connectivity index (χ0n) is 14.8. The van der Waals surface area contributed by atoms with Crippen LogP contribution in [0.4, 0.5) is 0 Å². The van der Waals surface area contributed by atoms with E-state index in [9.17, 15) is 9.59 Å². The minimum Gasteiger partial charge on any atom is -0.497 e. The van der Waals surface area contributed by atoms with Gasteiger partial charge in [-0.2, -0.15) is 5.10 Å². The zero-order valence-corrected chi connectivity index (χ0v) is 14.8. The van der Waals surface area contributed by atoms with Crippen molar-refractivity contribution in [3.05, 3.63) is 76.1 Å². The van der Waals surface area contributed by atoms with Gasteiger partial charge in [-0.15, -0.1) is 0 Å². The number of hydrogen-bond acceptors (Lipinski definition) is 4. The smallest absolute Gasteiger partial charge is 0.257 e. The van der Waals surface area contributed by atoms with Crippen LogP contribution >= 0.6 is 0 Å². The molecule has 1 aliphatic rings. The van der Waals surface area contributed by atoms with Crippen molar-refractivity contribution in [1.82, 2.24) is 10.4 Å². The molecule has 1 fully saturated rings. The van der Waals surface area contributed by atoms with Crippen molar-refractivity contribution in [2.24, 2.45) is 11.0 Å². The second-order valence-corrected chi connectivity index (χ2v) is 6.60. The number of pyridine rings is 1. The fraction of sp³-hybridized carbons (Fsp3) is 0.190. The van der Waals surface area contributed by atoms with Crippen molar-refractivity contribution in [3.63, 3.8) is 0 Å². The fourth-order valence-corrected chi connectivity index (χ4v) is 3.22. The van der Waals surface area contributed by atoms with Crippen LogP contribution in [0.25, 0.3) is 10.9 Å². The van der Waals surface area contributed by atoms with Gasteiger partial charge in [0.2, 0.25) is 5.91 Å².